The van der Waals surface area contributed by atoms with Crippen LogP contribution in [0.3, 0.4) is 0 Å². The molecule has 2 atom stereocenters. The van der Waals surface area contributed by atoms with Crippen LogP contribution in [0, 0.1) is 12.7 Å². The number of likely N-dealkylation sites (tertiary alicyclic amines) is 1. The van der Waals surface area contributed by atoms with Gasteiger partial charge in [0, 0.05) is 6.04 Å². The van der Waals surface area contributed by atoms with E-state index in [0.29, 0.717) is 0 Å². The van der Waals surface area contributed by atoms with Gasteiger partial charge in [0.25, 0.3) is 0 Å². The zero-order valence-electron chi connectivity index (χ0n) is 12.0. The molecule has 2 unspecified atom stereocenters. The van der Waals surface area contributed by atoms with Gasteiger partial charge in [-0.25, -0.2) is 4.39 Å². The van der Waals surface area contributed by atoms with E-state index in [1.54, 1.807) is 6.07 Å². The molecule has 1 aromatic rings. The van der Waals surface area contributed by atoms with Crippen molar-refractivity contribution in [1.29, 1.82) is 0 Å². The molecule has 106 valence electrons. The Morgan fingerprint density at radius 3 is 2.89 bits per heavy atom. The van der Waals surface area contributed by atoms with Crippen LogP contribution in [0.25, 0.3) is 0 Å². The van der Waals surface area contributed by atoms with Gasteiger partial charge in [-0.15, -0.1) is 0 Å². The third-order valence-electron chi connectivity index (χ3n) is 4.10. The van der Waals surface area contributed by atoms with E-state index in [1.807, 2.05) is 6.07 Å². The number of hydrogen-bond acceptors (Lipinski definition) is 2. The zero-order valence-corrected chi connectivity index (χ0v) is 12.0. The standard InChI is InChI=1S/C16H25FN2/c1-3-9-19-10-5-4-6-15(18)16(19)14-11-13(17)8-7-12(14)2/h7-8,11,15-16H,3-6,9-10,18H2,1-2H3. The first kappa shape index (κ1) is 14.5. The van der Waals surface area contributed by atoms with Crippen LogP contribution in [0.4, 0.5) is 4.39 Å². The van der Waals surface area contributed by atoms with Crippen molar-refractivity contribution in [2.45, 2.75) is 51.6 Å². The van der Waals surface area contributed by atoms with Gasteiger partial charge in [0.15, 0.2) is 0 Å². The Morgan fingerprint density at radius 2 is 2.16 bits per heavy atom. The number of aryl methyl sites for hydroxylation is 1. The predicted molar refractivity (Wildman–Crippen MR) is 77.6 cm³/mol. The van der Waals surface area contributed by atoms with Crippen LogP contribution in [0.2, 0.25) is 0 Å². The maximum Gasteiger partial charge on any atom is 0.123 e. The molecular weight excluding hydrogens is 239 g/mol. The quantitative estimate of drug-likeness (QED) is 0.906. The van der Waals surface area contributed by atoms with E-state index < -0.39 is 0 Å². The van der Waals surface area contributed by atoms with E-state index in [-0.39, 0.29) is 17.9 Å². The van der Waals surface area contributed by atoms with Gasteiger partial charge in [0.2, 0.25) is 0 Å². The van der Waals surface area contributed by atoms with E-state index in [2.05, 4.69) is 18.7 Å². The molecule has 0 spiro atoms. The molecule has 0 bridgehead atoms. The Morgan fingerprint density at radius 1 is 1.37 bits per heavy atom. The lowest BCUT2D eigenvalue weighted by Crippen LogP contribution is -2.40. The molecule has 0 radical (unpaired) electrons. The molecule has 2 rings (SSSR count). The average molecular weight is 264 g/mol. The SMILES string of the molecule is CCCN1CCCCC(N)C1c1cc(F)ccc1C. The van der Waals surface area contributed by atoms with Crippen molar-refractivity contribution in [2.24, 2.45) is 5.73 Å². The summed E-state index contributed by atoms with van der Waals surface area (Å²) in [5, 5.41) is 0. The molecule has 0 aliphatic carbocycles. The van der Waals surface area contributed by atoms with Gasteiger partial charge in [-0.3, -0.25) is 4.90 Å². The number of rotatable bonds is 3. The molecule has 0 aromatic heterocycles. The van der Waals surface area contributed by atoms with Crippen LogP contribution >= 0.6 is 0 Å². The second-order valence-electron chi connectivity index (χ2n) is 5.64. The molecule has 1 aliphatic heterocycles. The summed E-state index contributed by atoms with van der Waals surface area (Å²) in [4.78, 5) is 2.44. The molecule has 1 heterocycles. The fraction of sp³-hybridized carbons (Fsp3) is 0.625. The second kappa shape index (κ2) is 6.49. The lowest BCUT2D eigenvalue weighted by molar-refractivity contribution is 0.185. The molecule has 3 heteroatoms. The average Bonchev–Trinajstić information content (AvgIpc) is 2.55. The second-order valence-corrected chi connectivity index (χ2v) is 5.64. The van der Waals surface area contributed by atoms with Crippen molar-refractivity contribution in [3.63, 3.8) is 0 Å². The van der Waals surface area contributed by atoms with E-state index in [4.69, 9.17) is 5.73 Å². The summed E-state index contributed by atoms with van der Waals surface area (Å²) >= 11 is 0. The summed E-state index contributed by atoms with van der Waals surface area (Å²) in [5.74, 6) is -0.159. The minimum Gasteiger partial charge on any atom is -0.326 e. The molecule has 2 N–H and O–H groups in total. The van der Waals surface area contributed by atoms with E-state index in [0.717, 1.165) is 37.1 Å². The summed E-state index contributed by atoms with van der Waals surface area (Å²) in [6, 6.07) is 5.35. The Hall–Kier alpha value is -0.930. The third-order valence-corrected chi connectivity index (χ3v) is 4.10. The predicted octanol–water partition coefficient (Wildman–Crippen LogP) is 3.40. The van der Waals surface area contributed by atoms with E-state index in [1.165, 1.54) is 18.9 Å². The monoisotopic (exact) mass is 264 g/mol. The Balaban J connectivity index is 2.36. The number of halogens is 1. The van der Waals surface area contributed by atoms with E-state index >= 15 is 0 Å². The summed E-state index contributed by atoms with van der Waals surface area (Å²) in [5.41, 5.74) is 8.60. The molecule has 1 saturated heterocycles. The van der Waals surface area contributed by atoms with Gasteiger partial charge in [-0.05, 0) is 62.5 Å². The van der Waals surface area contributed by atoms with Crippen molar-refractivity contribution in [1.82, 2.24) is 4.90 Å². The highest BCUT2D eigenvalue weighted by molar-refractivity contribution is 5.31. The normalized spacial score (nSPS) is 25.3. The van der Waals surface area contributed by atoms with Crippen molar-refractivity contribution >= 4 is 0 Å². The third kappa shape index (κ3) is 3.34. The molecule has 19 heavy (non-hydrogen) atoms. The first-order chi connectivity index (χ1) is 9.13. The minimum absolute atomic E-state index is 0.106. The molecule has 0 amide bonds. The van der Waals surface area contributed by atoms with Crippen LogP contribution < -0.4 is 5.73 Å². The summed E-state index contributed by atoms with van der Waals surface area (Å²) < 4.78 is 13.6. The fourth-order valence-electron chi connectivity index (χ4n) is 3.16. The molecular formula is C16H25FN2. The smallest absolute Gasteiger partial charge is 0.123 e. The fourth-order valence-corrected chi connectivity index (χ4v) is 3.16. The zero-order chi connectivity index (χ0) is 13.8. The first-order valence-corrected chi connectivity index (χ1v) is 7.39. The van der Waals surface area contributed by atoms with Crippen molar-refractivity contribution in [3.8, 4) is 0 Å². The van der Waals surface area contributed by atoms with Crippen LogP contribution in [-0.4, -0.2) is 24.0 Å². The van der Waals surface area contributed by atoms with Crippen molar-refractivity contribution in [3.05, 3.63) is 35.1 Å². The summed E-state index contributed by atoms with van der Waals surface area (Å²) in [7, 11) is 0. The van der Waals surface area contributed by atoms with Crippen LogP contribution in [0.5, 0.6) is 0 Å². The molecule has 1 fully saturated rings. The molecule has 1 aliphatic rings. The lowest BCUT2D eigenvalue weighted by Gasteiger charge is -2.34. The summed E-state index contributed by atoms with van der Waals surface area (Å²) in [6.45, 7) is 6.35. The molecule has 2 nitrogen and oxygen atoms in total. The molecule has 1 aromatic carbocycles. The first-order valence-electron chi connectivity index (χ1n) is 7.39. The van der Waals surface area contributed by atoms with Crippen molar-refractivity contribution in [2.75, 3.05) is 13.1 Å². The van der Waals surface area contributed by atoms with Gasteiger partial charge in [-0.1, -0.05) is 19.4 Å². The largest absolute Gasteiger partial charge is 0.326 e. The maximum atomic E-state index is 13.6. The highest BCUT2D eigenvalue weighted by Crippen LogP contribution is 2.31. The highest BCUT2D eigenvalue weighted by Gasteiger charge is 2.29. The van der Waals surface area contributed by atoms with E-state index in [9.17, 15) is 4.39 Å². The topological polar surface area (TPSA) is 29.3 Å². The maximum absolute atomic E-state index is 13.6. The number of nitrogens with zero attached hydrogens (tertiary/aromatic N) is 1. The van der Waals surface area contributed by atoms with Gasteiger partial charge < -0.3 is 5.73 Å². The van der Waals surface area contributed by atoms with Gasteiger partial charge in [0.05, 0.1) is 6.04 Å². The minimum atomic E-state index is -0.159. The molecule has 0 saturated carbocycles. The van der Waals surface area contributed by atoms with Gasteiger partial charge >= 0.3 is 0 Å². The van der Waals surface area contributed by atoms with Crippen LogP contribution in [0.1, 0.15) is 49.8 Å². The number of nitrogens with two attached hydrogens (primary N) is 1. The number of hydrogen-bond donors (Lipinski definition) is 1. The Kier molecular flexibility index (Phi) is 4.94. The van der Waals surface area contributed by atoms with Gasteiger partial charge in [0.1, 0.15) is 5.82 Å². The Labute approximate surface area is 115 Å². The lowest BCUT2D eigenvalue weighted by atomic mass is 9.92. The summed E-state index contributed by atoms with van der Waals surface area (Å²) in [6.07, 6.45) is 4.50. The Bertz CT molecular complexity index is 419. The van der Waals surface area contributed by atoms with Crippen LogP contribution in [0.15, 0.2) is 18.2 Å². The van der Waals surface area contributed by atoms with Crippen molar-refractivity contribution < 1.29 is 4.39 Å². The highest BCUT2D eigenvalue weighted by atomic mass is 19.1. The van der Waals surface area contributed by atoms with Gasteiger partial charge in [-0.2, -0.15) is 0 Å². The van der Waals surface area contributed by atoms with Crippen LogP contribution in [-0.2, 0) is 0 Å². The number of benzene rings is 1.